The largest absolute Gasteiger partial charge is 0.494 e. The quantitative estimate of drug-likeness (QED) is 0.822. The highest BCUT2D eigenvalue weighted by Gasteiger charge is 2.45. The molecule has 1 aliphatic rings. The predicted molar refractivity (Wildman–Crippen MR) is 56.1 cm³/mol. The third kappa shape index (κ3) is 1.96. The summed E-state index contributed by atoms with van der Waals surface area (Å²) in [5.74, 6) is 0.0527. The van der Waals surface area contributed by atoms with E-state index in [0.29, 0.717) is 6.61 Å². The Hall–Kier alpha value is -1.51. The fraction of sp³-hybridized carbons (Fsp3) is 0.417. The van der Waals surface area contributed by atoms with E-state index in [1.54, 1.807) is 0 Å². The molecule has 1 fully saturated rings. The van der Waals surface area contributed by atoms with Crippen LogP contribution in [0.2, 0.25) is 0 Å². The predicted octanol–water partition coefficient (Wildman–Crippen LogP) is 2.27. The first-order chi connectivity index (χ1) is 7.24. The van der Waals surface area contributed by atoms with Crippen LogP contribution in [-0.2, 0) is 4.79 Å². The molecular weight excluding hydrogens is 192 g/mol. The third-order valence-corrected chi connectivity index (χ3v) is 2.73. The van der Waals surface area contributed by atoms with Crippen molar-refractivity contribution in [2.75, 3.05) is 6.61 Å². The lowest BCUT2D eigenvalue weighted by molar-refractivity contribution is -0.138. The van der Waals surface area contributed by atoms with Gasteiger partial charge in [-0.1, -0.05) is 18.2 Å². The topological polar surface area (TPSA) is 46.5 Å². The Morgan fingerprint density at radius 1 is 1.53 bits per heavy atom. The molecule has 2 atom stereocenters. The number of hydrogen-bond acceptors (Lipinski definition) is 2. The average molecular weight is 206 g/mol. The van der Waals surface area contributed by atoms with Crippen LogP contribution in [0.15, 0.2) is 24.3 Å². The van der Waals surface area contributed by atoms with E-state index in [0.717, 1.165) is 17.7 Å². The van der Waals surface area contributed by atoms with Crippen LogP contribution in [0.25, 0.3) is 0 Å². The van der Waals surface area contributed by atoms with E-state index in [1.165, 1.54) is 0 Å². The summed E-state index contributed by atoms with van der Waals surface area (Å²) in [5.41, 5.74) is 1.03. The van der Waals surface area contributed by atoms with Crippen LogP contribution in [0.3, 0.4) is 0 Å². The Kier molecular flexibility index (Phi) is 2.62. The van der Waals surface area contributed by atoms with E-state index in [2.05, 4.69) is 0 Å². The van der Waals surface area contributed by atoms with Crippen molar-refractivity contribution < 1.29 is 14.6 Å². The van der Waals surface area contributed by atoms with Gasteiger partial charge in [0, 0.05) is 5.92 Å². The van der Waals surface area contributed by atoms with Gasteiger partial charge in [-0.2, -0.15) is 0 Å². The van der Waals surface area contributed by atoms with Gasteiger partial charge in [0.25, 0.3) is 0 Å². The van der Waals surface area contributed by atoms with Gasteiger partial charge in [-0.25, -0.2) is 0 Å². The zero-order chi connectivity index (χ0) is 10.8. The van der Waals surface area contributed by atoms with E-state index in [1.807, 2.05) is 31.2 Å². The van der Waals surface area contributed by atoms with Gasteiger partial charge >= 0.3 is 5.97 Å². The molecule has 1 saturated carbocycles. The molecule has 2 rings (SSSR count). The lowest BCUT2D eigenvalue weighted by Gasteiger charge is -2.08. The van der Waals surface area contributed by atoms with E-state index < -0.39 is 5.97 Å². The zero-order valence-electron chi connectivity index (χ0n) is 8.64. The molecule has 1 N–H and O–H groups in total. The minimum Gasteiger partial charge on any atom is -0.494 e. The molecule has 0 radical (unpaired) electrons. The van der Waals surface area contributed by atoms with Crippen molar-refractivity contribution in [3.05, 3.63) is 29.8 Å². The normalized spacial score (nSPS) is 23.5. The number of benzene rings is 1. The summed E-state index contributed by atoms with van der Waals surface area (Å²) in [5, 5.41) is 8.86. The van der Waals surface area contributed by atoms with Crippen molar-refractivity contribution in [2.24, 2.45) is 5.92 Å². The van der Waals surface area contributed by atoms with Gasteiger partial charge in [0.05, 0.1) is 12.5 Å². The van der Waals surface area contributed by atoms with Crippen LogP contribution in [0.4, 0.5) is 0 Å². The minimum absolute atomic E-state index is 0.144. The summed E-state index contributed by atoms with van der Waals surface area (Å²) >= 11 is 0. The number of rotatable bonds is 4. The molecule has 1 unspecified atom stereocenters. The van der Waals surface area contributed by atoms with Gasteiger partial charge in [0.1, 0.15) is 5.75 Å². The molecule has 0 saturated heterocycles. The first-order valence-electron chi connectivity index (χ1n) is 5.18. The molecule has 80 valence electrons. The van der Waals surface area contributed by atoms with Gasteiger partial charge in [-0.15, -0.1) is 0 Å². The number of hydrogen-bond donors (Lipinski definition) is 1. The van der Waals surface area contributed by atoms with Crippen molar-refractivity contribution in [1.82, 2.24) is 0 Å². The summed E-state index contributed by atoms with van der Waals surface area (Å²) in [4.78, 5) is 10.8. The number of para-hydroxylation sites is 1. The second-order valence-corrected chi connectivity index (χ2v) is 3.76. The Bertz CT molecular complexity index is 373. The van der Waals surface area contributed by atoms with Crippen LogP contribution >= 0.6 is 0 Å². The van der Waals surface area contributed by atoms with Gasteiger partial charge < -0.3 is 9.84 Å². The second-order valence-electron chi connectivity index (χ2n) is 3.76. The van der Waals surface area contributed by atoms with Crippen molar-refractivity contribution in [3.63, 3.8) is 0 Å². The van der Waals surface area contributed by atoms with E-state index >= 15 is 0 Å². The number of carbonyl (C=O) groups is 1. The maximum atomic E-state index is 10.8. The number of carboxylic acid groups (broad SMARTS) is 1. The molecule has 15 heavy (non-hydrogen) atoms. The molecule has 0 spiro atoms. The summed E-state index contributed by atoms with van der Waals surface area (Å²) in [7, 11) is 0. The van der Waals surface area contributed by atoms with Crippen LogP contribution in [0.1, 0.15) is 24.8 Å². The first-order valence-corrected chi connectivity index (χ1v) is 5.18. The van der Waals surface area contributed by atoms with Crippen LogP contribution in [0.5, 0.6) is 5.75 Å². The van der Waals surface area contributed by atoms with Crippen LogP contribution in [0, 0.1) is 5.92 Å². The van der Waals surface area contributed by atoms with Gasteiger partial charge in [0.2, 0.25) is 0 Å². The lowest BCUT2D eigenvalue weighted by atomic mass is 10.1. The molecular formula is C12H14O3. The average Bonchev–Trinajstić information content (AvgIpc) is 2.99. The molecule has 3 nitrogen and oxygen atoms in total. The first kappa shape index (κ1) is 10.0. The van der Waals surface area contributed by atoms with Crippen molar-refractivity contribution in [2.45, 2.75) is 19.3 Å². The monoisotopic (exact) mass is 206 g/mol. The summed E-state index contributed by atoms with van der Waals surface area (Å²) in [6.07, 6.45) is 0.736. The summed E-state index contributed by atoms with van der Waals surface area (Å²) in [6, 6.07) is 7.69. The molecule has 1 aromatic rings. The second kappa shape index (κ2) is 3.93. The molecule has 3 heteroatoms. The number of aliphatic carboxylic acids is 1. The van der Waals surface area contributed by atoms with Crippen LogP contribution < -0.4 is 4.74 Å². The highest BCUT2D eigenvalue weighted by Crippen LogP contribution is 2.50. The highest BCUT2D eigenvalue weighted by atomic mass is 16.5. The maximum absolute atomic E-state index is 10.8. The molecule has 0 heterocycles. The molecule has 1 aliphatic carbocycles. The fourth-order valence-electron chi connectivity index (χ4n) is 1.89. The van der Waals surface area contributed by atoms with E-state index in [-0.39, 0.29) is 11.8 Å². The maximum Gasteiger partial charge on any atom is 0.307 e. The molecule has 0 aliphatic heterocycles. The molecule has 0 amide bonds. The Labute approximate surface area is 88.7 Å². The van der Waals surface area contributed by atoms with Gasteiger partial charge in [0.15, 0.2) is 0 Å². The number of carboxylic acids is 1. The molecule has 0 aromatic heterocycles. The Morgan fingerprint density at radius 3 is 2.87 bits per heavy atom. The fourth-order valence-corrected chi connectivity index (χ4v) is 1.89. The zero-order valence-corrected chi connectivity index (χ0v) is 8.64. The van der Waals surface area contributed by atoms with Gasteiger partial charge in [-0.3, -0.25) is 4.79 Å². The standard InChI is InChI=1S/C12H14O3/c1-2-15-11-6-4-3-5-8(11)9-7-10(9)12(13)14/h3-6,9-10H,2,7H2,1H3,(H,13,14)/t9?,10-/m0/s1. The Morgan fingerprint density at radius 2 is 2.27 bits per heavy atom. The van der Waals surface area contributed by atoms with Crippen LogP contribution in [-0.4, -0.2) is 17.7 Å². The number of ether oxygens (including phenoxy) is 1. The minimum atomic E-state index is -0.702. The molecule has 1 aromatic carbocycles. The van der Waals surface area contributed by atoms with Gasteiger partial charge in [-0.05, 0) is 25.0 Å². The smallest absolute Gasteiger partial charge is 0.307 e. The lowest BCUT2D eigenvalue weighted by Crippen LogP contribution is -2.01. The van der Waals surface area contributed by atoms with Crippen molar-refractivity contribution in [1.29, 1.82) is 0 Å². The van der Waals surface area contributed by atoms with Crippen molar-refractivity contribution in [3.8, 4) is 5.75 Å². The third-order valence-electron chi connectivity index (χ3n) is 2.73. The van der Waals surface area contributed by atoms with E-state index in [9.17, 15) is 4.79 Å². The Balaban J connectivity index is 2.18. The summed E-state index contributed by atoms with van der Waals surface area (Å²) < 4.78 is 5.47. The highest BCUT2D eigenvalue weighted by molar-refractivity contribution is 5.75. The SMILES string of the molecule is CCOc1ccccc1C1C[C@@H]1C(=O)O. The summed E-state index contributed by atoms with van der Waals surface area (Å²) in [6.45, 7) is 2.54. The van der Waals surface area contributed by atoms with Crippen molar-refractivity contribution >= 4 is 5.97 Å². The van der Waals surface area contributed by atoms with E-state index in [4.69, 9.17) is 9.84 Å². The molecule has 0 bridgehead atoms.